The minimum absolute atomic E-state index is 0.448. The highest BCUT2D eigenvalue weighted by Crippen LogP contribution is 2.23. The number of alkyl halides is 3. The van der Waals surface area contributed by atoms with Crippen LogP contribution in [-0.4, -0.2) is 22.3 Å². The first-order valence-electron chi connectivity index (χ1n) is 5.90. The molecule has 1 aromatic heterocycles. The van der Waals surface area contributed by atoms with Crippen LogP contribution >= 0.6 is 0 Å². The van der Waals surface area contributed by atoms with Crippen LogP contribution in [0.5, 0.6) is 0 Å². The summed E-state index contributed by atoms with van der Waals surface area (Å²) >= 11 is 0. The third-order valence-corrected chi connectivity index (χ3v) is 2.59. The molecule has 4 nitrogen and oxygen atoms in total. The fourth-order valence-corrected chi connectivity index (χ4v) is 1.66. The summed E-state index contributed by atoms with van der Waals surface area (Å²) in [4.78, 5) is 11.4. The number of aromatic amines is 1. The van der Waals surface area contributed by atoms with E-state index in [1.54, 1.807) is 36.5 Å². The first kappa shape index (κ1) is 14.1. The molecule has 0 fully saturated rings. The fourth-order valence-electron chi connectivity index (χ4n) is 1.66. The summed E-state index contributed by atoms with van der Waals surface area (Å²) in [5.41, 5.74) is 2.00. The molecule has 0 atom stereocenters. The molecule has 0 saturated heterocycles. The van der Waals surface area contributed by atoms with Gasteiger partial charge in [0.2, 0.25) is 5.91 Å². The third-order valence-electron chi connectivity index (χ3n) is 2.59. The number of anilines is 1. The van der Waals surface area contributed by atoms with Gasteiger partial charge in [0.25, 0.3) is 0 Å². The Bertz CT molecular complexity index is 579. The van der Waals surface area contributed by atoms with Crippen molar-refractivity contribution in [2.75, 3.05) is 5.32 Å². The van der Waals surface area contributed by atoms with Gasteiger partial charge >= 0.3 is 6.18 Å². The molecule has 0 radical (unpaired) electrons. The lowest BCUT2D eigenvalue weighted by atomic mass is 10.1. The van der Waals surface area contributed by atoms with Gasteiger partial charge in [-0.15, -0.1) is 0 Å². The molecular formula is C13H12F3N3O. The van der Waals surface area contributed by atoms with Crippen molar-refractivity contribution in [3.8, 4) is 11.3 Å². The minimum Gasteiger partial charge on any atom is -0.326 e. The Morgan fingerprint density at radius 3 is 2.75 bits per heavy atom. The van der Waals surface area contributed by atoms with Crippen molar-refractivity contribution in [1.29, 1.82) is 0 Å². The molecule has 2 N–H and O–H groups in total. The van der Waals surface area contributed by atoms with Gasteiger partial charge in [-0.2, -0.15) is 18.3 Å². The number of hydrogen-bond donors (Lipinski definition) is 2. The molecule has 0 aliphatic heterocycles. The molecular weight excluding hydrogens is 271 g/mol. The standard InChI is InChI=1S/C13H12F3N3O/c14-13(15,16)6-4-12(20)18-10-3-1-2-9(8-10)11-5-7-17-19-11/h1-3,5,7-8H,4,6H2,(H,17,19)(H,18,20). The summed E-state index contributed by atoms with van der Waals surface area (Å²) in [5, 5.41) is 9.02. The minimum atomic E-state index is -4.32. The molecule has 0 spiro atoms. The van der Waals surface area contributed by atoms with Crippen LogP contribution < -0.4 is 5.32 Å². The summed E-state index contributed by atoms with van der Waals surface area (Å²) < 4.78 is 36.0. The topological polar surface area (TPSA) is 57.8 Å². The molecule has 20 heavy (non-hydrogen) atoms. The number of benzene rings is 1. The number of amides is 1. The number of nitrogens with zero attached hydrogens (tertiary/aromatic N) is 1. The number of carbonyl (C=O) groups is 1. The summed E-state index contributed by atoms with van der Waals surface area (Å²) in [5.74, 6) is -0.663. The number of carbonyl (C=O) groups excluding carboxylic acids is 1. The van der Waals surface area contributed by atoms with Crippen molar-refractivity contribution < 1.29 is 18.0 Å². The maximum atomic E-state index is 12.0. The van der Waals surface area contributed by atoms with Crippen molar-refractivity contribution >= 4 is 11.6 Å². The molecule has 7 heteroatoms. The zero-order valence-corrected chi connectivity index (χ0v) is 10.4. The predicted molar refractivity (Wildman–Crippen MR) is 67.9 cm³/mol. The second-order valence-electron chi connectivity index (χ2n) is 4.21. The number of nitrogens with one attached hydrogen (secondary N) is 2. The third kappa shape index (κ3) is 4.11. The summed E-state index contributed by atoms with van der Waals surface area (Å²) in [6.07, 6.45) is -4.45. The average molecular weight is 283 g/mol. The van der Waals surface area contributed by atoms with E-state index in [0.717, 1.165) is 11.3 Å². The van der Waals surface area contributed by atoms with Crippen LogP contribution in [0.4, 0.5) is 18.9 Å². The maximum Gasteiger partial charge on any atom is 0.389 e. The van der Waals surface area contributed by atoms with Crippen molar-refractivity contribution in [2.24, 2.45) is 0 Å². The Labute approximate surface area is 113 Å². The van der Waals surface area contributed by atoms with Crippen LogP contribution in [0.2, 0.25) is 0 Å². The van der Waals surface area contributed by atoms with Crippen molar-refractivity contribution in [1.82, 2.24) is 10.2 Å². The van der Waals surface area contributed by atoms with Crippen molar-refractivity contribution in [3.63, 3.8) is 0 Å². The average Bonchev–Trinajstić information content (AvgIpc) is 2.90. The van der Waals surface area contributed by atoms with Crippen LogP contribution in [0, 0.1) is 0 Å². The van der Waals surface area contributed by atoms with E-state index in [2.05, 4.69) is 15.5 Å². The van der Waals surface area contributed by atoms with Gasteiger partial charge in [0.15, 0.2) is 0 Å². The van der Waals surface area contributed by atoms with E-state index < -0.39 is 24.9 Å². The largest absolute Gasteiger partial charge is 0.389 e. The normalized spacial score (nSPS) is 11.3. The molecule has 0 saturated carbocycles. The zero-order valence-electron chi connectivity index (χ0n) is 10.4. The number of hydrogen-bond acceptors (Lipinski definition) is 2. The molecule has 2 aromatic rings. The molecule has 2 rings (SSSR count). The number of H-pyrrole nitrogens is 1. The van der Waals surface area contributed by atoms with E-state index in [9.17, 15) is 18.0 Å². The Hall–Kier alpha value is -2.31. The maximum absolute atomic E-state index is 12.0. The van der Waals surface area contributed by atoms with Crippen molar-refractivity contribution in [2.45, 2.75) is 19.0 Å². The van der Waals surface area contributed by atoms with Gasteiger partial charge in [-0.3, -0.25) is 9.89 Å². The van der Waals surface area contributed by atoms with Crippen molar-refractivity contribution in [3.05, 3.63) is 36.5 Å². The lowest BCUT2D eigenvalue weighted by Gasteiger charge is -2.08. The van der Waals surface area contributed by atoms with E-state index in [-0.39, 0.29) is 0 Å². The van der Waals surface area contributed by atoms with E-state index in [1.165, 1.54) is 0 Å². The lowest BCUT2D eigenvalue weighted by molar-refractivity contribution is -0.142. The highest BCUT2D eigenvalue weighted by Gasteiger charge is 2.27. The van der Waals surface area contributed by atoms with Gasteiger partial charge in [-0.05, 0) is 18.2 Å². The number of aromatic nitrogens is 2. The zero-order chi connectivity index (χ0) is 14.6. The van der Waals surface area contributed by atoms with Crippen LogP contribution in [0.3, 0.4) is 0 Å². The van der Waals surface area contributed by atoms with Gasteiger partial charge in [0.1, 0.15) is 0 Å². The van der Waals surface area contributed by atoms with E-state index in [0.29, 0.717) is 5.69 Å². The van der Waals surface area contributed by atoms with Gasteiger partial charge < -0.3 is 5.32 Å². The van der Waals surface area contributed by atoms with E-state index in [4.69, 9.17) is 0 Å². The van der Waals surface area contributed by atoms with E-state index in [1.807, 2.05) is 0 Å². The quantitative estimate of drug-likeness (QED) is 0.904. The van der Waals surface area contributed by atoms with Gasteiger partial charge in [-0.1, -0.05) is 12.1 Å². The molecule has 0 aliphatic rings. The second kappa shape index (κ2) is 5.77. The van der Waals surface area contributed by atoms with Crippen LogP contribution in [-0.2, 0) is 4.79 Å². The summed E-state index contributed by atoms with van der Waals surface area (Å²) in [6.45, 7) is 0. The molecule has 1 aromatic carbocycles. The molecule has 0 bridgehead atoms. The van der Waals surface area contributed by atoms with Gasteiger partial charge in [-0.25, -0.2) is 0 Å². The van der Waals surface area contributed by atoms with Crippen LogP contribution in [0.1, 0.15) is 12.8 Å². The second-order valence-corrected chi connectivity index (χ2v) is 4.21. The van der Waals surface area contributed by atoms with E-state index >= 15 is 0 Å². The SMILES string of the molecule is O=C(CCC(F)(F)F)Nc1cccc(-c2ccn[nH]2)c1. The fraction of sp³-hybridized carbons (Fsp3) is 0.231. The smallest absolute Gasteiger partial charge is 0.326 e. The highest BCUT2D eigenvalue weighted by molar-refractivity contribution is 5.91. The molecule has 0 aliphatic carbocycles. The Balaban J connectivity index is 2.00. The number of rotatable bonds is 4. The van der Waals surface area contributed by atoms with Gasteiger partial charge in [0, 0.05) is 23.9 Å². The first-order chi connectivity index (χ1) is 9.44. The molecule has 106 valence electrons. The highest BCUT2D eigenvalue weighted by atomic mass is 19.4. The summed E-state index contributed by atoms with van der Waals surface area (Å²) in [6, 6.07) is 8.55. The Kier molecular flexibility index (Phi) is 4.07. The van der Waals surface area contributed by atoms with Gasteiger partial charge in [0.05, 0.1) is 12.1 Å². The van der Waals surface area contributed by atoms with Crippen LogP contribution in [0.25, 0.3) is 11.3 Å². The monoisotopic (exact) mass is 283 g/mol. The molecule has 1 heterocycles. The lowest BCUT2D eigenvalue weighted by Crippen LogP contribution is -2.16. The first-order valence-corrected chi connectivity index (χ1v) is 5.90. The van der Waals surface area contributed by atoms with Crippen LogP contribution in [0.15, 0.2) is 36.5 Å². The Morgan fingerprint density at radius 1 is 1.30 bits per heavy atom. The Morgan fingerprint density at radius 2 is 2.10 bits per heavy atom. The molecule has 0 unspecified atom stereocenters. The number of halogens is 3. The predicted octanol–water partition coefficient (Wildman–Crippen LogP) is 3.36. The summed E-state index contributed by atoms with van der Waals surface area (Å²) in [7, 11) is 0. The molecule has 1 amide bonds.